The van der Waals surface area contributed by atoms with Crippen molar-refractivity contribution in [2.24, 2.45) is 5.41 Å². The van der Waals surface area contributed by atoms with Crippen molar-refractivity contribution in [3.05, 3.63) is 0 Å². The van der Waals surface area contributed by atoms with Gasteiger partial charge in [-0.2, -0.15) is 11.8 Å². The summed E-state index contributed by atoms with van der Waals surface area (Å²) in [5, 5.41) is 9.52. The Kier molecular flexibility index (Phi) is 7.91. The Labute approximate surface area is 156 Å². The molecule has 2 saturated heterocycles. The molecule has 0 bridgehead atoms. The molecule has 144 valence electrons. The molecule has 2 aliphatic heterocycles. The van der Waals surface area contributed by atoms with Crippen LogP contribution in [0.4, 0.5) is 4.79 Å². The van der Waals surface area contributed by atoms with Gasteiger partial charge in [-0.15, -0.1) is 0 Å². The second-order valence-electron chi connectivity index (χ2n) is 8.59. The predicted molar refractivity (Wildman–Crippen MR) is 105 cm³/mol. The van der Waals surface area contributed by atoms with Crippen LogP contribution in [0.3, 0.4) is 0 Å². The Hall–Kier alpha value is -0.910. The number of urea groups is 1. The fourth-order valence-electron chi connectivity index (χ4n) is 3.55. The third-order valence-electron chi connectivity index (χ3n) is 5.01. The molecule has 3 amide bonds. The number of carbonyl (C=O) groups is 2. The molecule has 3 N–H and O–H groups in total. The fraction of sp³-hybridized carbons (Fsp3) is 0.895. The van der Waals surface area contributed by atoms with Crippen molar-refractivity contribution in [2.75, 3.05) is 12.3 Å². The molecule has 2 aliphatic rings. The minimum absolute atomic E-state index is 0.0258. The molecule has 3 atom stereocenters. The van der Waals surface area contributed by atoms with Gasteiger partial charge in [0.2, 0.25) is 5.91 Å². The smallest absolute Gasteiger partial charge is 0.315 e. The summed E-state index contributed by atoms with van der Waals surface area (Å²) in [6.07, 6.45) is 8.45. The molecule has 2 heterocycles. The molecule has 0 aromatic rings. The second kappa shape index (κ2) is 9.70. The number of fused-ring (bicyclic) bond motifs is 1. The number of amides is 3. The number of hydrogen-bond acceptors (Lipinski definition) is 3. The Morgan fingerprint density at radius 1 is 1.16 bits per heavy atom. The molecular formula is C19H35N3O2S. The van der Waals surface area contributed by atoms with Gasteiger partial charge in [0.25, 0.3) is 0 Å². The van der Waals surface area contributed by atoms with Crippen molar-refractivity contribution in [1.29, 1.82) is 0 Å². The number of hydrogen-bond donors (Lipinski definition) is 3. The lowest BCUT2D eigenvalue weighted by atomic mass is 9.89. The molecule has 6 heteroatoms. The van der Waals surface area contributed by atoms with Crippen LogP contribution in [-0.2, 0) is 4.79 Å². The average Bonchev–Trinajstić information content (AvgIpc) is 3.06. The summed E-state index contributed by atoms with van der Waals surface area (Å²) < 4.78 is 0. The topological polar surface area (TPSA) is 70.2 Å². The van der Waals surface area contributed by atoms with E-state index in [0.717, 1.165) is 38.0 Å². The van der Waals surface area contributed by atoms with E-state index in [1.54, 1.807) is 0 Å². The summed E-state index contributed by atoms with van der Waals surface area (Å²) in [5.41, 5.74) is 0.415. The van der Waals surface area contributed by atoms with Crippen molar-refractivity contribution in [3.63, 3.8) is 0 Å². The summed E-state index contributed by atoms with van der Waals surface area (Å²) in [4.78, 5) is 23.2. The van der Waals surface area contributed by atoms with Gasteiger partial charge in [-0.3, -0.25) is 4.79 Å². The molecule has 0 aromatic heterocycles. The van der Waals surface area contributed by atoms with Gasteiger partial charge < -0.3 is 16.0 Å². The van der Waals surface area contributed by atoms with Crippen LogP contribution in [0.2, 0.25) is 0 Å². The number of rotatable bonds is 10. The molecule has 0 aliphatic carbocycles. The molecule has 2 unspecified atom stereocenters. The van der Waals surface area contributed by atoms with Gasteiger partial charge in [0, 0.05) is 24.0 Å². The molecule has 0 aromatic carbocycles. The quantitative estimate of drug-likeness (QED) is 0.408. The van der Waals surface area contributed by atoms with E-state index in [1.807, 2.05) is 11.8 Å². The number of thioether (sulfide) groups is 1. The van der Waals surface area contributed by atoms with Crippen LogP contribution < -0.4 is 16.0 Å². The summed E-state index contributed by atoms with van der Waals surface area (Å²) >= 11 is 1.94. The molecule has 0 radical (unpaired) electrons. The zero-order chi connectivity index (χ0) is 18.3. The van der Waals surface area contributed by atoms with Crippen molar-refractivity contribution >= 4 is 23.7 Å². The Balaban J connectivity index is 1.44. The van der Waals surface area contributed by atoms with E-state index in [9.17, 15) is 9.59 Å². The lowest BCUT2D eigenvalue weighted by Gasteiger charge is -2.17. The van der Waals surface area contributed by atoms with E-state index in [2.05, 4.69) is 36.7 Å². The van der Waals surface area contributed by atoms with Gasteiger partial charge in [-0.05, 0) is 31.1 Å². The highest BCUT2D eigenvalue weighted by Gasteiger charge is 2.42. The second-order valence-corrected chi connectivity index (χ2v) is 9.86. The van der Waals surface area contributed by atoms with Crippen LogP contribution in [0.15, 0.2) is 0 Å². The normalized spacial score (nSPS) is 25.4. The standard InChI is InChI=1S/C19H35N3O2S/c1-19(2,3)11-7-4-8-12-20-16(23)10-6-5-9-15-17-14(13-25-15)21-18(24)22-17/h14-15,17H,4-13H2,1-3H3,(H,20,23)(H2,21,22,24)/t14?,15-,17?/m0/s1. The van der Waals surface area contributed by atoms with Crippen molar-refractivity contribution < 1.29 is 9.59 Å². The number of nitrogens with one attached hydrogen (secondary N) is 3. The van der Waals surface area contributed by atoms with Crippen LogP contribution in [0.1, 0.15) is 72.1 Å². The largest absolute Gasteiger partial charge is 0.356 e. The van der Waals surface area contributed by atoms with Gasteiger partial charge in [0.1, 0.15) is 0 Å². The molecule has 2 fully saturated rings. The van der Waals surface area contributed by atoms with Crippen LogP contribution in [0.25, 0.3) is 0 Å². The van der Waals surface area contributed by atoms with E-state index in [1.165, 1.54) is 19.3 Å². The van der Waals surface area contributed by atoms with Crippen LogP contribution in [0, 0.1) is 5.41 Å². The highest BCUT2D eigenvalue weighted by molar-refractivity contribution is 8.00. The lowest BCUT2D eigenvalue weighted by Crippen LogP contribution is -2.36. The SMILES string of the molecule is CC(C)(C)CCCCCNC(=O)CCCC[C@@H]1SCC2NC(=O)NC21. The maximum absolute atomic E-state index is 11.9. The van der Waals surface area contributed by atoms with Crippen molar-refractivity contribution in [2.45, 2.75) is 89.5 Å². The first-order valence-electron chi connectivity index (χ1n) is 9.80. The Morgan fingerprint density at radius 3 is 2.72 bits per heavy atom. The average molecular weight is 370 g/mol. The molecular weight excluding hydrogens is 334 g/mol. The minimum atomic E-state index is -0.0258. The molecule has 25 heavy (non-hydrogen) atoms. The van der Waals surface area contributed by atoms with Gasteiger partial charge in [-0.25, -0.2) is 4.79 Å². The monoisotopic (exact) mass is 369 g/mol. The molecule has 2 rings (SSSR count). The van der Waals surface area contributed by atoms with Gasteiger partial charge in [0.15, 0.2) is 0 Å². The highest BCUT2D eigenvalue weighted by atomic mass is 32.2. The lowest BCUT2D eigenvalue weighted by molar-refractivity contribution is -0.121. The molecule has 0 spiro atoms. The Morgan fingerprint density at radius 2 is 1.96 bits per heavy atom. The zero-order valence-electron chi connectivity index (χ0n) is 16.0. The maximum Gasteiger partial charge on any atom is 0.315 e. The first kappa shape index (κ1) is 20.4. The Bertz CT molecular complexity index is 450. The molecule has 5 nitrogen and oxygen atoms in total. The maximum atomic E-state index is 11.9. The zero-order valence-corrected chi connectivity index (χ0v) is 16.8. The fourth-order valence-corrected chi connectivity index (χ4v) is 5.09. The van der Waals surface area contributed by atoms with Crippen molar-refractivity contribution in [3.8, 4) is 0 Å². The summed E-state index contributed by atoms with van der Waals surface area (Å²) in [6, 6.07) is 0.547. The summed E-state index contributed by atoms with van der Waals surface area (Å²) in [7, 11) is 0. The van der Waals surface area contributed by atoms with Crippen LogP contribution >= 0.6 is 11.8 Å². The summed E-state index contributed by atoms with van der Waals surface area (Å²) in [5.74, 6) is 1.19. The van der Waals surface area contributed by atoms with E-state index < -0.39 is 0 Å². The van der Waals surface area contributed by atoms with E-state index >= 15 is 0 Å². The third kappa shape index (κ3) is 7.47. The van der Waals surface area contributed by atoms with Gasteiger partial charge in [-0.1, -0.05) is 40.0 Å². The highest BCUT2D eigenvalue weighted by Crippen LogP contribution is 2.33. The van der Waals surface area contributed by atoms with Gasteiger partial charge in [0.05, 0.1) is 12.1 Å². The third-order valence-corrected chi connectivity index (χ3v) is 6.51. The van der Waals surface area contributed by atoms with E-state index in [-0.39, 0.29) is 18.0 Å². The number of carbonyl (C=O) groups excluding carboxylic acids is 2. The molecule has 0 saturated carbocycles. The first-order valence-corrected chi connectivity index (χ1v) is 10.9. The first-order chi connectivity index (χ1) is 11.8. The van der Waals surface area contributed by atoms with E-state index in [0.29, 0.717) is 23.1 Å². The summed E-state index contributed by atoms with van der Waals surface area (Å²) in [6.45, 7) is 7.63. The van der Waals surface area contributed by atoms with Crippen molar-refractivity contribution in [1.82, 2.24) is 16.0 Å². The minimum Gasteiger partial charge on any atom is -0.356 e. The van der Waals surface area contributed by atoms with E-state index in [4.69, 9.17) is 0 Å². The number of unbranched alkanes of at least 4 members (excludes halogenated alkanes) is 3. The predicted octanol–water partition coefficient (Wildman–Crippen LogP) is 3.43. The van der Waals surface area contributed by atoms with Crippen LogP contribution in [0.5, 0.6) is 0 Å². The van der Waals surface area contributed by atoms with Gasteiger partial charge >= 0.3 is 6.03 Å². The van der Waals surface area contributed by atoms with Crippen LogP contribution in [-0.4, -0.2) is 41.6 Å².